The van der Waals surface area contributed by atoms with E-state index in [1.807, 2.05) is 32.7 Å². The van der Waals surface area contributed by atoms with E-state index in [1.54, 1.807) is 13.0 Å². The Balaban J connectivity index is 2.04. The maximum absolute atomic E-state index is 12.6. The molecule has 0 bridgehead atoms. The number of amides is 2. The number of benzene rings is 1. The Bertz CT molecular complexity index is 842. The van der Waals surface area contributed by atoms with Gasteiger partial charge in [-0.15, -0.1) is 0 Å². The predicted molar refractivity (Wildman–Crippen MR) is 125 cm³/mol. The van der Waals surface area contributed by atoms with Crippen molar-refractivity contribution in [2.45, 2.75) is 52.1 Å². The van der Waals surface area contributed by atoms with E-state index in [0.29, 0.717) is 18.1 Å². The highest BCUT2D eigenvalue weighted by Crippen LogP contribution is 2.20. The molecule has 0 aromatic heterocycles. The van der Waals surface area contributed by atoms with E-state index in [-0.39, 0.29) is 29.1 Å². The van der Waals surface area contributed by atoms with Crippen LogP contribution >= 0.6 is 23.2 Å². The summed E-state index contributed by atoms with van der Waals surface area (Å²) in [5, 5.41) is 5.95. The van der Waals surface area contributed by atoms with Crippen molar-refractivity contribution in [3.63, 3.8) is 0 Å². The Hall–Kier alpha value is -1.81. The van der Waals surface area contributed by atoms with E-state index < -0.39 is 36.9 Å². The number of nitrogens with one attached hydrogen (secondary N) is 2. The van der Waals surface area contributed by atoms with Crippen LogP contribution in [0, 0.1) is 5.92 Å². The van der Waals surface area contributed by atoms with Crippen molar-refractivity contribution in [1.29, 1.82) is 0 Å². The monoisotopic (exact) mass is 485 g/mol. The van der Waals surface area contributed by atoms with Crippen molar-refractivity contribution in [3.8, 4) is 0 Å². The molecule has 2 amide bonds. The van der Waals surface area contributed by atoms with E-state index >= 15 is 0 Å². The molecule has 176 valence electrons. The number of likely N-dealkylation sites (N-methyl/N-ethyl adjacent to an activating group) is 1. The van der Waals surface area contributed by atoms with Gasteiger partial charge in [-0.05, 0) is 51.4 Å². The summed E-state index contributed by atoms with van der Waals surface area (Å²) in [5.74, 6) is -1.75. The highest BCUT2D eigenvalue weighted by molar-refractivity contribution is 6.49. The fraction of sp³-hybridized carbons (Fsp3) is 0.571. The predicted octanol–water partition coefficient (Wildman–Crippen LogP) is 2.56. The normalized spacial score (nSPS) is 20.9. The zero-order chi connectivity index (χ0) is 24.0. The molecule has 1 aromatic carbocycles. The van der Waals surface area contributed by atoms with Gasteiger partial charge in [-0.2, -0.15) is 0 Å². The molecular weight excluding hydrogens is 456 g/mol. The highest BCUT2D eigenvalue weighted by atomic mass is 35.5. The van der Waals surface area contributed by atoms with Crippen LogP contribution in [0.2, 0.25) is 10.0 Å². The minimum atomic E-state index is -0.925. The first-order chi connectivity index (χ1) is 15.0. The molecule has 32 heavy (non-hydrogen) atoms. The van der Waals surface area contributed by atoms with Crippen molar-refractivity contribution in [3.05, 3.63) is 33.8 Å². The first-order valence-corrected chi connectivity index (χ1v) is 11.3. The van der Waals surface area contributed by atoms with Crippen molar-refractivity contribution >= 4 is 48.1 Å². The average Bonchev–Trinajstić information content (AvgIpc) is 2.73. The largest absolute Gasteiger partial charge is 0.551 e. The summed E-state index contributed by atoms with van der Waals surface area (Å²) in [4.78, 5) is 39.4. The van der Waals surface area contributed by atoms with E-state index in [1.165, 1.54) is 12.1 Å². The first kappa shape index (κ1) is 26.4. The molecule has 0 saturated carbocycles. The summed E-state index contributed by atoms with van der Waals surface area (Å²) in [6.07, 6.45) is 0.524. The number of hydrogen-bond donors (Lipinski definition) is 2. The summed E-state index contributed by atoms with van der Waals surface area (Å²) < 4.78 is 11.4. The second kappa shape index (κ2) is 11.9. The Kier molecular flexibility index (Phi) is 9.82. The Morgan fingerprint density at radius 1 is 1.28 bits per heavy atom. The van der Waals surface area contributed by atoms with Crippen molar-refractivity contribution in [1.82, 2.24) is 15.5 Å². The number of hydrogen-bond acceptors (Lipinski definition) is 6. The fourth-order valence-corrected chi connectivity index (χ4v) is 3.65. The zero-order valence-corrected chi connectivity index (χ0v) is 20.5. The molecule has 8 nitrogen and oxygen atoms in total. The molecule has 2 rings (SSSR count). The second-order valence-corrected chi connectivity index (χ2v) is 9.28. The number of carbonyl (C=O) groups excluding carboxylic acids is 3. The highest BCUT2D eigenvalue weighted by Gasteiger charge is 2.40. The Morgan fingerprint density at radius 3 is 2.62 bits per heavy atom. The minimum Gasteiger partial charge on any atom is -0.507 e. The minimum absolute atomic E-state index is 0.00233. The molecule has 2 N–H and O–H groups in total. The molecule has 11 heteroatoms. The van der Waals surface area contributed by atoms with Gasteiger partial charge in [0, 0.05) is 17.7 Å². The summed E-state index contributed by atoms with van der Waals surface area (Å²) in [7, 11) is 0.910. The van der Waals surface area contributed by atoms with Gasteiger partial charge in [0.25, 0.3) is 5.91 Å². The molecule has 1 heterocycles. The third-order valence-corrected chi connectivity index (χ3v) is 5.93. The molecule has 1 aromatic rings. The van der Waals surface area contributed by atoms with Crippen molar-refractivity contribution < 1.29 is 23.7 Å². The maximum Gasteiger partial charge on any atom is 0.551 e. The van der Waals surface area contributed by atoms with E-state index in [4.69, 9.17) is 32.5 Å². The summed E-state index contributed by atoms with van der Waals surface area (Å²) >= 11 is 12.0. The van der Waals surface area contributed by atoms with E-state index in [2.05, 4.69) is 10.6 Å². The van der Waals surface area contributed by atoms with Gasteiger partial charge in [0.2, 0.25) is 5.91 Å². The van der Waals surface area contributed by atoms with Gasteiger partial charge >= 0.3 is 13.1 Å². The lowest BCUT2D eigenvalue weighted by Gasteiger charge is -2.35. The summed E-state index contributed by atoms with van der Waals surface area (Å²) in [6.45, 7) is 7.77. The van der Waals surface area contributed by atoms with Crippen LogP contribution in [0.15, 0.2) is 18.2 Å². The fourth-order valence-electron chi connectivity index (χ4n) is 3.28. The molecule has 1 aliphatic rings. The Labute approximate surface area is 199 Å². The molecule has 0 radical (unpaired) electrons. The standard InChI is InChI=1S/C21H30BCl2N3O5/c1-12(2)8-18(22-31-11-13(3)27(5)14(4)21(30)32-22)26-19(28)10-25-20(29)16-9-15(23)6-7-17(16)24/h6-7,9,12-14,18H,8,10-11H2,1-5H3,(H,25,29)(H,26,28)/t13-,14-,18-/m0/s1. The molecular formula is C21H30BCl2N3O5. The molecule has 0 unspecified atom stereocenters. The molecule has 0 spiro atoms. The number of rotatable bonds is 7. The lowest BCUT2D eigenvalue weighted by molar-refractivity contribution is -0.144. The van der Waals surface area contributed by atoms with Crippen LogP contribution in [0.4, 0.5) is 0 Å². The van der Waals surface area contributed by atoms with Gasteiger partial charge in [0.05, 0.1) is 23.1 Å². The number of carbonyl (C=O) groups is 3. The van der Waals surface area contributed by atoms with Gasteiger partial charge in [-0.25, -0.2) is 0 Å². The number of nitrogens with zero attached hydrogens (tertiary/aromatic N) is 1. The van der Waals surface area contributed by atoms with Crippen LogP contribution in [0.1, 0.15) is 44.5 Å². The van der Waals surface area contributed by atoms with Crippen LogP contribution < -0.4 is 10.6 Å². The first-order valence-electron chi connectivity index (χ1n) is 10.6. The second-order valence-electron chi connectivity index (χ2n) is 8.44. The van der Waals surface area contributed by atoms with Crippen molar-refractivity contribution in [2.75, 3.05) is 20.2 Å². The lowest BCUT2D eigenvalue weighted by atomic mass is 9.73. The smallest absolute Gasteiger partial charge is 0.507 e. The summed E-state index contributed by atoms with van der Waals surface area (Å²) in [5.41, 5.74) is 0.176. The average molecular weight is 486 g/mol. The zero-order valence-electron chi connectivity index (χ0n) is 19.0. The van der Waals surface area contributed by atoms with Gasteiger partial charge < -0.3 is 19.9 Å². The SMILES string of the molecule is CC(C)C[C@H](NC(=O)CNC(=O)c1cc(Cl)ccc1Cl)B1OC[C@H](C)N(C)[C@@H](C)C(=O)O1. The van der Waals surface area contributed by atoms with Crippen LogP contribution in [0.5, 0.6) is 0 Å². The van der Waals surface area contributed by atoms with Crippen molar-refractivity contribution in [2.24, 2.45) is 5.92 Å². The van der Waals surface area contributed by atoms with Gasteiger partial charge in [0.15, 0.2) is 0 Å². The van der Waals surface area contributed by atoms with E-state index in [9.17, 15) is 14.4 Å². The molecule has 3 atom stereocenters. The summed E-state index contributed by atoms with van der Waals surface area (Å²) in [6, 6.07) is 4.07. The van der Waals surface area contributed by atoms with Gasteiger partial charge in [0.1, 0.15) is 6.04 Å². The van der Waals surface area contributed by atoms with Crippen LogP contribution in [0.25, 0.3) is 0 Å². The van der Waals surface area contributed by atoms with Gasteiger partial charge in [-0.3, -0.25) is 19.3 Å². The Morgan fingerprint density at radius 2 is 1.97 bits per heavy atom. The quantitative estimate of drug-likeness (QED) is 0.576. The van der Waals surface area contributed by atoms with E-state index in [0.717, 1.165) is 0 Å². The molecule has 1 saturated heterocycles. The van der Waals surface area contributed by atoms with Crippen LogP contribution in [-0.4, -0.2) is 68.0 Å². The third kappa shape index (κ3) is 7.37. The number of halogens is 2. The topological polar surface area (TPSA) is 97.0 Å². The molecule has 1 aliphatic heterocycles. The van der Waals surface area contributed by atoms with Crippen LogP contribution in [-0.2, 0) is 18.9 Å². The molecule has 0 aliphatic carbocycles. The third-order valence-electron chi connectivity index (χ3n) is 5.36. The van der Waals surface area contributed by atoms with Gasteiger partial charge in [-0.1, -0.05) is 37.0 Å². The van der Waals surface area contributed by atoms with Crippen LogP contribution in [0.3, 0.4) is 0 Å². The molecule has 1 fully saturated rings. The maximum atomic E-state index is 12.6. The lowest BCUT2D eigenvalue weighted by Crippen LogP contribution is -2.57.